The monoisotopic (exact) mass is 298 g/mol. The van der Waals surface area contributed by atoms with E-state index >= 15 is 0 Å². The Kier molecular flexibility index (Phi) is 5.48. The molecule has 3 nitrogen and oxygen atoms in total. The number of rotatable bonds is 4. The number of amides is 2. The summed E-state index contributed by atoms with van der Waals surface area (Å²) in [5.41, 5.74) is 1.94. The lowest BCUT2D eigenvalue weighted by molar-refractivity contribution is 0.248. The van der Waals surface area contributed by atoms with Gasteiger partial charge in [-0.2, -0.15) is 0 Å². The fraction of sp³-hybridized carbons (Fsp3) is 0.462. The Hall–Kier alpha value is -1.03. The average molecular weight is 299 g/mol. The summed E-state index contributed by atoms with van der Waals surface area (Å²) >= 11 is 3.43. The molecule has 0 heterocycles. The number of carbonyl (C=O) groups excluding carboxylic acids is 1. The summed E-state index contributed by atoms with van der Waals surface area (Å²) in [5.74, 6) is 0. The number of hydrogen-bond acceptors (Lipinski definition) is 1. The topological polar surface area (TPSA) is 41.1 Å². The second kappa shape index (κ2) is 6.64. The van der Waals surface area contributed by atoms with Crippen LogP contribution >= 0.6 is 15.9 Å². The van der Waals surface area contributed by atoms with E-state index in [0.717, 1.165) is 28.6 Å². The number of anilines is 1. The molecule has 0 saturated heterocycles. The molecule has 0 aliphatic carbocycles. The lowest BCUT2D eigenvalue weighted by atomic mass is 10.2. The Labute approximate surface area is 111 Å². The fourth-order valence-corrected chi connectivity index (χ4v) is 2.20. The van der Waals surface area contributed by atoms with Crippen LogP contribution in [0.1, 0.15) is 32.3 Å². The maximum Gasteiger partial charge on any atom is 0.319 e. The second-order valence-corrected chi connectivity index (χ2v) is 5.13. The van der Waals surface area contributed by atoms with E-state index in [0.29, 0.717) is 0 Å². The molecule has 4 heteroatoms. The van der Waals surface area contributed by atoms with E-state index in [9.17, 15) is 4.79 Å². The summed E-state index contributed by atoms with van der Waals surface area (Å²) in [6.07, 6.45) is 2.05. The Morgan fingerprint density at radius 2 is 2.18 bits per heavy atom. The average Bonchev–Trinajstić information content (AvgIpc) is 2.22. The molecule has 0 aliphatic heterocycles. The standard InChI is InChI=1S/C13H19BrN2O/c1-4-5-10(3)15-13(17)16-12-7-6-9(2)8-11(12)14/h6-8,10H,4-5H2,1-3H3,(H2,15,16,17)/t10-/m0/s1. The van der Waals surface area contributed by atoms with Gasteiger partial charge in [-0.3, -0.25) is 0 Å². The Bertz CT molecular complexity index is 393. The van der Waals surface area contributed by atoms with Gasteiger partial charge in [0.05, 0.1) is 5.69 Å². The van der Waals surface area contributed by atoms with Crippen molar-refractivity contribution < 1.29 is 4.79 Å². The van der Waals surface area contributed by atoms with Crippen molar-refractivity contribution in [3.05, 3.63) is 28.2 Å². The van der Waals surface area contributed by atoms with Gasteiger partial charge in [0.2, 0.25) is 0 Å². The van der Waals surface area contributed by atoms with Gasteiger partial charge < -0.3 is 10.6 Å². The highest BCUT2D eigenvalue weighted by Crippen LogP contribution is 2.23. The highest BCUT2D eigenvalue weighted by molar-refractivity contribution is 9.10. The lowest BCUT2D eigenvalue weighted by Gasteiger charge is -2.14. The Morgan fingerprint density at radius 3 is 2.76 bits per heavy atom. The summed E-state index contributed by atoms with van der Waals surface area (Å²) in [6.45, 7) is 6.12. The third-order valence-electron chi connectivity index (χ3n) is 2.47. The molecule has 94 valence electrons. The molecule has 0 radical (unpaired) electrons. The van der Waals surface area contributed by atoms with Gasteiger partial charge in [0.25, 0.3) is 0 Å². The number of carbonyl (C=O) groups is 1. The molecule has 2 amide bonds. The molecule has 1 atom stereocenters. The van der Waals surface area contributed by atoms with E-state index in [-0.39, 0.29) is 12.1 Å². The number of halogens is 1. The van der Waals surface area contributed by atoms with Crippen LogP contribution in [0.2, 0.25) is 0 Å². The third kappa shape index (κ3) is 4.77. The number of urea groups is 1. The van der Waals surface area contributed by atoms with Crippen LogP contribution in [0.25, 0.3) is 0 Å². The van der Waals surface area contributed by atoms with E-state index in [2.05, 4.69) is 33.5 Å². The van der Waals surface area contributed by atoms with Gasteiger partial charge in [-0.25, -0.2) is 4.79 Å². The first-order valence-electron chi connectivity index (χ1n) is 5.86. The van der Waals surface area contributed by atoms with Crippen LogP contribution in [-0.2, 0) is 0 Å². The number of nitrogens with one attached hydrogen (secondary N) is 2. The minimum Gasteiger partial charge on any atom is -0.335 e. The highest BCUT2D eigenvalue weighted by Gasteiger charge is 2.08. The Morgan fingerprint density at radius 1 is 1.47 bits per heavy atom. The largest absolute Gasteiger partial charge is 0.335 e. The van der Waals surface area contributed by atoms with Gasteiger partial charge in [-0.05, 0) is 53.9 Å². The zero-order valence-corrected chi connectivity index (χ0v) is 12.1. The molecule has 0 fully saturated rings. The Balaban J connectivity index is 2.56. The molecule has 0 aliphatic rings. The van der Waals surface area contributed by atoms with Crippen LogP contribution < -0.4 is 10.6 Å². The third-order valence-corrected chi connectivity index (χ3v) is 3.13. The molecule has 0 bridgehead atoms. The molecule has 1 aromatic carbocycles. The molecular formula is C13H19BrN2O. The maximum absolute atomic E-state index is 11.7. The van der Waals surface area contributed by atoms with Crippen molar-refractivity contribution in [3.63, 3.8) is 0 Å². The van der Waals surface area contributed by atoms with E-state index < -0.39 is 0 Å². The van der Waals surface area contributed by atoms with E-state index in [4.69, 9.17) is 0 Å². The first-order valence-corrected chi connectivity index (χ1v) is 6.66. The maximum atomic E-state index is 11.7. The number of aryl methyl sites for hydroxylation is 1. The van der Waals surface area contributed by atoms with Gasteiger partial charge in [-0.1, -0.05) is 19.4 Å². The van der Waals surface area contributed by atoms with Gasteiger partial charge in [-0.15, -0.1) is 0 Å². The van der Waals surface area contributed by atoms with Crippen molar-refractivity contribution in [1.82, 2.24) is 5.32 Å². The van der Waals surface area contributed by atoms with Gasteiger partial charge in [0.15, 0.2) is 0 Å². The first kappa shape index (κ1) is 14.0. The normalized spacial score (nSPS) is 12.0. The van der Waals surface area contributed by atoms with E-state index in [1.165, 1.54) is 0 Å². The van der Waals surface area contributed by atoms with Crippen LogP contribution in [-0.4, -0.2) is 12.1 Å². The van der Waals surface area contributed by atoms with Crippen molar-refractivity contribution in [1.29, 1.82) is 0 Å². The minimum atomic E-state index is -0.157. The highest BCUT2D eigenvalue weighted by atomic mass is 79.9. The molecule has 0 spiro atoms. The van der Waals surface area contributed by atoms with Crippen molar-refractivity contribution in [2.75, 3.05) is 5.32 Å². The molecule has 1 aromatic rings. The summed E-state index contributed by atoms with van der Waals surface area (Å²) in [5, 5.41) is 5.73. The SMILES string of the molecule is CCC[C@H](C)NC(=O)Nc1ccc(C)cc1Br. The lowest BCUT2D eigenvalue weighted by Crippen LogP contribution is -2.36. The smallest absolute Gasteiger partial charge is 0.319 e. The predicted molar refractivity (Wildman–Crippen MR) is 75.4 cm³/mol. The van der Waals surface area contributed by atoms with Crippen molar-refractivity contribution in [2.45, 2.75) is 39.7 Å². The molecule has 0 unspecified atom stereocenters. The molecule has 17 heavy (non-hydrogen) atoms. The quantitative estimate of drug-likeness (QED) is 0.864. The zero-order chi connectivity index (χ0) is 12.8. The van der Waals surface area contributed by atoms with E-state index in [1.807, 2.05) is 32.0 Å². The first-order chi connectivity index (χ1) is 8.02. The van der Waals surface area contributed by atoms with Crippen LogP contribution in [0.15, 0.2) is 22.7 Å². The number of hydrogen-bond donors (Lipinski definition) is 2. The van der Waals surface area contributed by atoms with Crippen LogP contribution in [0, 0.1) is 6.92 Å². The molecule has 1 rings (SSSR count). The van der Waals surface area contributed by atoms with Gasteiger partial charge >= 0.3 is 6.03 Å². The summed E-state index contributed by atoms with van der Waals surface area (Å²) in [4.78, 5) is 11.7. The summed E-state index contributed by atoms with van der Waals surface area (Å²) in [7, 11) is 0. The minimum absolute atomic E-state index is 0.157. The molecule has 2 N–H and O–H groups in total. The van der Waals surface area contributed by atoms with Gasteiger partial charge in [0.1, 0.15) is 0 Å². The van der Waals surface area contributed by atoms with Crippen molar-refractivity contribution >= 4 is 27.6 Å². The predicted octanol–water partition coefficient (Wildman–Crippen LogP) is 4.07. The molecule has 0 aromatic heterocycles. The van der Waals surface area contributed by atoms with Crippen LogP contribution in [0.3, 0.4) is 0 Å². The summed E-state index contributed by atoms with van der Waals surface area (Å²) in [6, 6.07) is 5.88. The van der Waals surface area contributed by atoms with E-state index in [1.54, 1.807) is 0 Å². The van der Waals surface area contributed by atoms with Crippen molar-refractivity contribution in [2.24, 2.45) is 0 Å². The molecular weight excluding hydrogens is 280 g/mol. The fourth-order valence-electron chi connectivity index (χ4n) is 1.61. The van der Waals surface area contributed by atoms with Gasteiger partial charge in [0, 0.05) is 10.5 Å². The number of benzene rings is 1. The summed E-state index contributed by atoms with van der Waals surface area (Å²) < 4.78 is 0.899. The van der Waals surface area contributed by atoms with Crippen molar-refractivity contribution in [3.8, 4) is 0 Å². The zero-order valence-electron chi connectivity index (χ0n) is 10.5. The molecule has 0 saturated carbocycles. The second-order valence-electron chi connectivity index (χ2n) is 4.27. The van der Waals surface area contributed by atoms with Crippen LogP contribution in [0.4, 0.5) is 10.5 Å². The van der Waals surface area contributed by atoms with Crippen LogP contribution in [0.5, 0.6) is 0 Å².